The Balaban J connectivity index is 2.13. The molecule has 0 saturated heterocycles. The third-order valence-electron chi connectivity index (χ3n) is 4.60. The fourth-order valence-electron chi connectivity index (χ4n) is 3.21. The van der Waals surface area contributed by atoms with E-state index in [0.717, 1.165) is 41.7 Å². The minimum atomic E-state index is -4.30. The number of halogens is 3. The lowest BCUT2D eigenvalue weighted by Gasteiger charge is -2.12. The van der Waals surface area contributed by atoms with Crippen LogP contribution in [-0.4, -0.2) is 39.9 Å². The third kappa shape index (κ3) is 8.43. The zero-order valence-corrected chi connectivity index (χ0v) is 18.3. The Morgan fingerprint density at radius 3 is 2.68 bits per heavy atom. The van der Waals surface area contributed by atoms with Crippen LogP contribution < -0.4 is 10.6 Å². The molecular formula is C22H30F3N5O. The predicted octanol–water partition coefficient (Wildman–Crippen LogP) is 4.19. The molecule has 6 nitrogen and oxygen atoms in total. The van der Waals surface area contributed by atoms with E-state index in [0.29, 0.717) is 18.7 Å². The van der Waals surface area contributed by atoms with Gasteiger partial charge in [-0.05, 0) is 57.2 Å². The molecule has 0 unspecified atom stereocenters. The highest BCUT2D eigenvalue weighted by atomic mass is 19.4. The molecule has 0 aliphatic carbocycles. The summed E-state index contributed by atoms with van der Waals surface area (Å²) in [6.07, 6.45) is 1.88. The largest absolute Gasteiger partial charge is 0.405 e. The first kappa shape index (κ1) is 24.4. The van der Waals surface area contributed by atoms with Crippen molar-refractivity contribution in [1.29, 1.82) is 0 Å². The second-order valence-corrected chi connectivity index (χ2v) is 7.72. The van der Waals surface area contributed by atoms with Crippen LogP contribution in [-0.2, 0) is 24.2 Å². The number of nitrogens with one attached hydrogen (secondary N) is 2. The molecular weight excluding hydrogens is 407 g/mol. The number of alkyl halides is 3. The summed E-state index contributed by atoms with van der Waals surface area (Å²) in [4.78, 5) is 16.2. The molecule has 2 N–H and O–H groups in total. The standard InChI is InChI=1S/C22H30F3N5O/c1-5-26-20(31)10-18-13-30(29-19(18)8-6-7-15(2)3)12-17-9-16(4)21(27-11-17)28-14-22(23,24)25/h9,11,13H,2,5-8,10,12,14H2,1,3-4H3,(H,26,31)(H,27,28). The summed E-state index contributed by atoms with van der Waals surface area (Å²) in [7, 11) is 0. The minimum Gasteiger partial charge on any atom is -0.361 e. The second-order valence-electron chi connectivity index (χ2n) is 7.72. The molecule has 2 heterocycles. The number of carbonyl (C=O) groups is 1. The van der Waals surface area contributed by atoms with Crippen molar-refractivity contribution < 1.29 is 18.0 Å². The summed E-state index contributed by atoms with van der Waals surface area (Å²) in [5, 5.41) is 9.77. The van der Waals surface area contributed by atoms with Crippen LogP contribution in [0.25, 0.3) is 0 Å². The number of hydrogen-bond donors (Lipinski definition) is 2. The van der Waals surface area contributed by atoms with Crippen molar-refractivity contribution in [3.8, 4) is 0 Å². The number of pyridine rings is 1. The second kappa shape index (κ2) is 11.0. The number of hydrogen-bond acceptors (Lipinski definition) is 4. The molecule has 2 rings (SSSR count). The van der Waals surface area contributed by atoms with E-state index in [1.807, 2.05) is 20.0 Å². The van der Waals surface area contributed by atoms with Crippen molar-refractivity contribution in [2.45, 2.75) is 59.2 Å². The average Bonchev–Trinajstić information content (AvgIpc) is 3.01. The Kier molecular flexibility index (Phi) is 8.65. The number of carbonyl (C=O) groups excluding carboxylic acids is 1. The monoisotopic (exact) mass is 437 g/mol. The Bertz CT molecular complexity index is 905. The Labute approximate surface area is 180 Å². The highest BCUT2D eigenvalue weighted by molar-refractivity contribution is 5.78. The number of nitrogens with zero attached hydrogens (tertiary/aromatic N) is 3. The van der Waals surface area contributed by atoms with E-state index < -0.39 is 12.7 Å². The molecule has 2 aromatic rings. The molecule has 9 heteroatoms. The van der Waals surface area contributed by atoms with Gasteiger partial charge in [-0.3, -0.25) is 9.48 Å². The molecule has 0 atom stereocenters. The van der Waals surface area contributed by atoms with E-state index in [1.54, 1.807) is 17.7 Å². The Morgan fingerprint density at radius 2 is 2.06 bits per heavy atom. The Morgan fingerprint density at radius 1 is 1.32 bits per heavy atom. The smallest absolute Gasteiger partial charge is 0.361 e. The first-order chi connectivity index (χ1) is 14.6. The Hall–Kier alpha value is -2.84. The highest BCUT2D eigenvalue weighted by Crippen LogP contribution is 2.19. The average molecular weight is 438 g/mol. The first-order valence-corrected chi connectivity index (χ1v) is 10.3. The maximum Gasteiger partial charge on any atom is 0.405 e. The van der Waals surface area contributed by atoms with Crippen molar-refractivity contribution in [2.24, 2.45) is 0 Å². The summed E-state index contributed by atoms with van der Waals surface area (Å²) in [5.41, 5.74) is 4.29. The van der Waals surface area contributed by atoms with Gasteiger partial charge in [0.2, 0.25) is 5.91 Å². The number of likely N-dealkylation sites (N-methyl/N-ethyl adjacent to an activating group) is 1. The number of anilines is 1. The number of amides is 1. The molecule has 0 spiro atoms. The number of allylic oxidation sites excluding steroid dienone is 1. The van der Waals surface area contributed by atoms with Gasteiger partial charge in [0.05, 0.1) is 18.7 Å². The van der Waals surface area contributed by atoms with Gasteiger partial charge in [-0.1, -0.05) is 5.57 Å². The van der Waals surface area contributed by atoms with E-state index in [1.165, 1.54) is 6.20 Å². The molecule has 0 radical (unpaired) electrons. The lowest BCUT2D eigenvalue weighted by molar-refractivity contribution is -0.120. The van der Waals surface area contributed by atoms with Gasteiger partial charge in [-0.15, -0.1) is 6.58 Å². The van der Waals surface area contributed by atoms with Crippen molar-refractivity contribution >= 4 is 11.7 Å². The molecule has 0 aliphatic rings. The van der Waals surface area contributed by atoms with Gasteiger partial charge in [0.25, 0.3) is 0 Å². The van der Waals surface area contributed by atoms with Crippen LogP contribution in [0.5, 0.6) is 0 Å². The van der Waals surface area contributed by atoms with Gasteiger partial charge in [-0.2, -0.15) is 18.3 Å². The fourth-order valence-corrected chi connectivity index (χ4v) is 3.21. The van der Waals surface area contributed by atoms with E-state index >= 15 is 0 Å². The molecule has 0 bridgehead atoms. The summed E-state index contributed by atoms with van der Waals surface area (Å²) < 4.78 is 39.0. The van der Waals surface area contributed by atoms with Crippen LogP contribution in [0.15, 0.2) is 30.6 Å². The van der Waals surface area contributed by atoms with Gasteiger partial charge >= 0.3 is 6.18 Å². The molecule has 170 valence electrons. The molecule has 0 saturated carbocycles. The number of aryl methyl sites for hydroxylation is 2. The number of aromatic nitrogens is 3. The zero-order chi connectivity index (χ0) is 23.0. The lowest BCUT2D eigenvalue weighted by atomic mass is 10.1. The van der Waals surface area contributed by atoms with Gasteiger partial charge < -0.3 is 10.6 Å². The fraction of sp³-hybridized carbons (Fsp3) is 0.500. The number of rotatable bonds is 11. The van der Waals surface area contributed by atoms with Gasteiger partial charge in [0, 0.05) is 24.5 Å². The van der Waals surface area contributed by atoms with Crippen molar-refractivity contribution in [1.82, 2.24) is 20.1 Å². The lowest BCUT2D eigenvalue weighted by Crippen LogP contribution is -2.24. The van der Waals surface area contributed by atoms with Crippen LogP contribution in [0.4, 0.5) is 19.0 Å². The molecule has 0 fully saturated rings. The van der Waals surface area contributed by atoms with E-state index in [2.05, 4.69) is 27.3 Å². The molecule has 31 heavy (non-hydrogen) atoms. The zero-order valence-electron chi connectivity index (χ0n) is 18.3. The quantitative estimate of drug-likeness (QED) is 0.517. The van der Waals surface area contributed by atoms with Crippen LogP contribution in [0.1, 0.15) is 49.1 Å². The van der Waals surface area contributed by atoms with Crippen molar-refractivity contribution in [3.63, 3.8) is 0 Å². The molecule has 0 aliphatic heterocycles. The van der Waals surface area contributed by atoms with E-state index in [-0.39, 0.29) is 18.1 Å². The third-order valence-corrected chi connectivity index (χ3v) is 4.60. The normalized spacial score (nSPS) is 11.4. The van der Waals surface area contributed by atoms with Crippen molar-refractivity contribution in [2.75, 3.05) is 18.4 Å². The topological polar surface area (TPSA) is 71.8 Å². The predicted molar refractivity (Wildman–Crippen MR) is 115 cm³/mol. The van der Waals surface area contributed by atoms with Crippen LogP contribution in [0.3, 0.4) is 0 Å². The molecule has 2 aromatic heterocycles. The van der Waals surface area contributed by atoms with Crippen LogP contribution in [0, 0.1) is 6.92 Å². The first-order valence-electron chi connectivity index (χ1n) is 10.3. The van der Waals surface area contributed by atoms with Crippen molar-refractivity contribution in [3.05, 3.63) is 53.0 Å². The SMILES string of the molecule is C=C(C)CCCc1nn(Cc2cnc(NCC(F)(F)F)c(C)c2)cc1CC(=O)NCC. The van der Waals surface area contributed by atoms with Crippen LogP contribution >= 0.6 is 0 Å². The maximum absolute atomic E-state index is 12.4. The summed E-state index contributed by atoms with van der Waals surface area (Å²) in [5.74, 6) is 0.153. The van der Waals surface area contributed by atoms with E-state index in [4.69, 9.17) is 0 Å². The van der Waals surface area contributed by atoms with E-state index in [9.17, 15) is 18.0 Å². The van der Waals surface area contributed by atoms with Gasteiger partial charge in [0.1, 0.15) is 12.4 Å². The summed E-state index contributed by atoms with van der Waals surface area (Å²) in [6.45, 7) is 9.34. The maximum atomic E-state index is 12.4. The summed E-state index contributed by atoms with van der Waals surface area (Å²) >= 11 is 0. The summed E-state index contributed by atoms with van der Waals surface area (Å²) in [6, 6.07) is 1.79. The molecule has 1 amide bonds. The van der Waals surface area contributed by atoms with Gasteiger partial charge in [-0.25, -0.2) is 4.98 Å². The van der Waals surface area contributed by atoms with Gasteiger partial charge in [0.15, 0.2) is 0 Å². The van der Waals surface area contributed by atoms with Crippen LogP contribution in [0.2, 0.25) is 0 Å². The minimum absolute atomic E-state index is 0.0548. The highest BCUT2D eigenvalue weighted by Gasteiger charge is 2.27. The molecule has 0 aromatic carbocycles.